The Kier molecular flexibility index (Phi) is 4.20. The number of aliphatic hydroxyl groups is 1. The van der Waals surface area contributed by atoms with E-state index < -0.39 is 17.8 Å². The second-order valence-corrected chi connectivity index (χ2v) is 4.82. The highest BCUT2D eigenvalue weighted by molar-refractivity contribution is 5.28. The molecule has 0 radical (unpaired) electrons. The van der Waals surface area contributed by atoms with Gasteiger partial charge in [-0.25, -0.2) is 4.39 Å². The van der Waals surface area contributed by atoms with Crippen LogP contribution < -0.4 is 0 Å². The van der Waals surface area contributed by atoms with E-state index >= 15 is 0 Å². The number of methoxy groups -OCH3 is 2. The summed E-state index contributed by atoms with van der Waals surface area (Å²) in [5.74, 6) is -0.343. The Bertz CT molecular complexity index is 409. The minimum absolute atomic E-state index is 0.343. The van der Waals surface area contributed by atoms with Crippen molar-refractivity contribution in [2.45, 2.75) is 17.8 Å². The number of rotatable bonds is 3. The average Bonchev–Trinajstić information content (AvgIpc) is 2.41. The van der Waals surface area contributed by atoms with Crippen LogP contribution in [-0.4, -0.2) is 49.5 Å². The average molecular weight is 268 g/mol. The van der Waals surface area contributed by atoms with E-state index in [-0.39, 0.29) is 5.82 Å². The van der Waals surface area contributed by atoms with Crippen molar-refractivity contribution < 1.29 is 19.0 Å². The van der Waals surface area contributed by atoms with Gasteiger partial charge in [0, 0.05) is 14.2 Å². The normalized spacial score (nSPS) is 32.5. The molecule has 0 amide bonds. The molecule has 1 saturated heterocycles. The van der Waals surface area contributed by atoms with Crippen LogP contribution in [-0.2, 0) is 15.1 Å². The fourth-order valence-electron chi connectivity index (χ4n) is 2.63. The third-order valence-electron chi connectivity index (χ3n) is 3.71. The Labute approximate surface area is 112 Å². The standard InChI is InChI=1S/C14H19FNO3/c1-16-8-12(18-2)14(17,13(9-16)19-3)10-4-6-11(15)7-5-10/h4-7,12-13,17H,1,8-9H2,2-3H3/q-1. The number of likely N-dealkylation sites (tertiary alicyclic amines) is 1. The van der Waals surface area contributed by atoms with E-state index in [4.69, 9.17) is 9.47 Å². The fraction of sp³-hybridized carbons (Fsp3) is 0.500. The smallest absolute Gasteiger partial charge is 0.144 e. The molecular weight excluding hydrogens is 249 g/mol. The molecular formula is C14H19FNO3-. The third kappa shape index (κ3) is 2.51. The first kappa shape index (κ1) is 14.4. The number of ether oxygens (including phenoxy) is 2. The first-order chi connectivity index (χ1) is 9.02. The topological polar surface area (TPSA) is 41.9 Å². The SMILES string of the molecule is [CH2-]N1CC(OC)C(O)(c2ccc(F)cc2)C(OC)C1. The maximum atomic E-state index is 13.0. The highest BCUT2D eigenvalue weighted by atomic mass is 19.1. The van der Waals surface area contributed by atoms with Crippen molar-refractivity contribution in [1.29, 1.82) is 0 Å². The minimum atomic E-state index is -1.31. The molecule has 0 aliphatic carbocycles. The van der Waals surface area contributed by atoms with Crippen molar-refractivity contribution in [3.8, 4) is 0 Å². The number of piperidine rings is 1. The van der Waals surface area contributed by atoms with E-state index in [1.807, 2.05) is 0 Å². The molecule has 0 saturated carbocycles. The lowest BCUT2D eigenvalue weighted by Gasteiger charge is -2.50. The van der Waals surface area contributed by atoms with Crippen molar-refractivity contribution in [3.63, 3.8) is 0 Å². The molecule has 1 fully saturated rings. The Hall–Kier alpha value is -1.01. The molecule has 5 heteroatoms. The van der Waals surface area contributed by atoms with Crippen LogP contribution in [0.5, 0.6) is 0 Å². The summed E-state index contributed by atoms with van der Waals surface area (Å²) >= 11 is 0. The first-order valence-electron chi connectivity index (χ1n) is 6.11. The zero-order valence-corrected chi connectivity index (χ0v) is 11.2. The number of benzene rings is 1. The quantitative estimate of drug-likeness (QED) is 0.835. The molecule has 1 aliphatic heterocycles. The molecule has 2 atom stereocenters. The van der Waals surface area contributed by atoms with Crippen molar-refractivity contribution in [2.24, 2.45) is 0 Å². The van der Waals surface area contributed by atoms with E-state index in [1.165, 1.54) is 26.4 Å². The molecule has 4 nitrogen and oxygen atoms in total. The number of halogens is 1. The number of hydrogen-bond donors (Lipinski definition) is 1. The van der Waals surface area contributed by atoms with Gasteiger partial charge in [0.05, 0.1) is 0 Å². The minimum Gasteiger partial charge on any atom is -0.455 e. The predicted molar refractivity (Wildman–Crippen MR) is 68.8 cm³/mol. The molecule has 1 N–H and O–H groups in total. The van der Waals surface area contributed by atoms with Crippen LogP contribution >= 0.6 is 0 Å². The molecule has 19 heavy (non-hydrogen) atoms. The van der Waals surface area contributed by atoms with Crippen LogP contribution in [0.3, 0.4) is 0 Å². The second-order valence-electron chi connectivity index (χ2n) is 4.82. The Morgan fingerprint density at radius 2 is 1.68 bits per heavy atom. The maximum Gasteiger partial charge on any atom is 0.144 e. The van der Waals surface area contributed by atoms with Crippen LogP contribution in [0.1, 0.15) is 5.56 Å². The molecule has 2 rings (SSSR count). The second kappa shape index (κ2) is 5.54. The molecule has 0 spiro atoms. The van der Waals surface area contributed by atoms with E-state index in [9.17, 15) is 9.50 Å². The van der Waals surface area contributed by atoms with Gasteiger partial charge in [-0.05, 0) is 30.8 Å². The highest BCUT2D eigenvalue weighted by Gasteiger charge is 2.49. The van der Waals surface area contributed by atoms with Gasteiger partial charge in [-0.1, -0.05) is 12.1 Å². The zero-order chi connectivity index (χ0) is 14.0. The largest absolute Gasteiger partial charge is 0.455 e. The molecule has 2 unspecified atom stereocenters. The van der Waals surface area contributed by atoms with E-state index in [2.05, 4.69) is 7.05 Å². The molecule has 0 bridgehead atoms. The Balaban J connectivity index is 2.42. The van der Waals surface area contributed by atoms with E-state index in [0.29, 0.717) is 18.7 Å². The number of nitrogens with zero attached hydrogens (tertiary/aromatic N) is 1. The van der Waals surface area contributed by atoms with Gasteiger partial charge < -0.3 is 19.5 Å². The third-order valence-corrected chi connectivity index (χ3v) is 3.71. The van der Waals surface area contributed by atoms with Gasteiger partial charge in [-0.2, -0.15) is 0 Å². The lowest BCUT2D eigenvalue weighted by molar-refractivity contribution is -0.202. The van der Waals surface area contributed by atoms with Crippen molar-refractivity contribution in [1.82, 2.24) is 4.90 Å². The summed E-state index contributed by atoms with van der Waals surface area (Å²) in [6, 6.07) is 5.77. The lowest BCUT2D eigenvalue weighted by Crippen LogP contribution is -2.62. The van der Waals surface area contributed by atoms with Crippen LogP contribution in [0.4, 0.5) is 4.39 Å². The summed E-state index contributed by atoms with van der Waals surface area (Å²) in [5, 5.41) is 11.0. The summed E-state index contributed by atoms with van der Waals surface area (Å²) in [6.45, 7) is 0.953. The van der Waals surface area contributed by atoms with Gasteiger partial charge in [0.25, 0.3) is 0 Å². The van der Waals surface area contributed by atoms with Gasteiger partial charge in [-0.15, -0.1) is 0 Å². The van der Waals surface area contributed by atoms with Crippen LogP contribution in [0.25, 0.3) is 0 Å². The van der Waals surface area contributed by atoms with Crippen LogP contribution in [0.2, 0.25) is 0 Å². The van der Waals surface area contributed by atoms with Gasteiger partial charge in [0.1, 0.15) is 23.6 Å². The summed E-state index contributed by atoms with van der Waals surface area (Å²) in [7, 11) is 6.94. The molecule has 106 valence electrons. The summed E-state index contributed by atoms with van der Waals surface area (Å²) < 4.78 is 23.8. The van der Waals surface area contributed by atoms with E-state index in [1.54, 1.807) is 17.0 Å². The maximum absolute atomic E-state index is 13.0. The molecule has 0 aromatic heterocycles. The monoisotopic (exact) mass is 268 g/mol. The summed E-state index contributed by atoms with van der Waals surface area (Å²) in [4.78, 5) is 1.79. The fourth-order valence-corrected chi connectivity index (χ4v) is 2.63. The van der Waals surface area contributed by atoms with Gasteiger partial charge in [0.15, 0.2) is 0 Å². The predicted octanol–water partition coefficient (Wildman–Crippen LogP) is 1.15. The molecule has 1 aromatic carbocycles. The molecule has 1 aliphatic rings. The Morgan fingerprint density at radius 1 is 1.21 bits per heavy atom. The first-order valence-corrected chi connectivity index (χ1v) is 6.11. The van der Waals surface area contributed by atoms with Crippen molar-refractivity contribution in [3.05, 3.63) is 42.7 Å². The summed E-state index contributed by atoms with van der Waals surface area (Å²) in [5.41, 5.74) is -0.730. The van der Waals surface area contributed by atoms with Gasteiger partial charge in [-0.3, -0.25) is 7.05 Å². The van der Waals surface area contributed by atoms with Crippen molar-refractivity contribution >= 4 is 0 Å². The van der Waals surface area contributed by atoms with Crippen LogP contribution in [0, 0.1) is 12.9 Å². The lowest BCUT2D eigenvalue weighted by atomic mass is 9.79. The van der Waals surface area contributed by atoms with Crippen LogP contribution in [0.15, 0.2) is 24.3 Å². The summed E-state index contributed by atoms with van der Waals surface area (Å²) in [6.07, 6.45) is -0.983. The van der Waals surface area contributed by atoms with Gasteiger partial charge >= 0.3 is 0 Å². The molecule has 1 heterocycles. The zero-order valence-electron chi connectivity index (χ0n) is 11.2. The van der Waals surface area contributed by atoms with Gasteiger partial charge in [0.2, 0.25) is 0 Å². The van der Waals surface area contributed by atoms with Crippen molar-refractivity contribution in [2.75, 3.05) is 27.3 Å². The van der Waals surface area contributed by atoms with E-state index in [0.717, 1.165) is 0 Å². The number of hydrogen-bond acceptors (Lipinski definition) is 4. The molecule has 1 aromatic rings. The highest BCUT2D eigenvalue weighted by Crippen LogP contribution is 2.36. The Morgan fingerprint density at radius 3 is 2.11 bits per heavy atom.